The Bertz CT molecular complexity index is 354. The molecule has 0 aromatic heterocycles. The van der Waals surface area contributed by atoms with Crippen molar-refractivity contribution in [3.05, 3.63) is 35.9 Å². The first-order chi connectivity index (χ1) is 9.24. The van der Waals surface area contributed by atoms with E-state index < -0.39 is 0 Å². The van der Waals surface area contributed by atoms with Crippen LogP contribution in [0.1, 0.15) is 24.8 Å². The first-order valence-corrected chi connectivity index (χ1v) is 6.75. The number of nitrogens with one attached hydrogen (secondary N) is 2. The zero-order chi connectivity index (χ0) is 13.9. The Balaban J connectivity index is 2.11. The number of methoxy groups -OCH3 is 1. The molecule has 4 heteroatoms. The smallest absolute Gasteiger partial charge is 0.233 e. The van der Waals surface area contributed by atoms with Crippen LogP contribution >= 0.6 is 0 Å². The van der Waals surface area contributed by atoms with Crippen molar-refractivity contribution in [2.45, 2.75) is 19.3 Å². The van der Waals surface area contributed by atoms with Crippen LogP contribution in [0.4, 0.5) is 0 Å². The number of hydrogen-bond acceptors (Lipinski definition) is 3. The van der Waals surface area contributed by atoms with Gasteiger partial charge in [0.25, 0.3) is 0 Å². The zero-order valence-corrected chi connectivity index (χ0v) is 11.8. The molecule has 4 nitrogen and oxygen atoms in total. The normalized spacial score (nSPS) is 12.1. The van der Waals surface area contributed by atoms with Gasteiger partial charge in [-0.2, -0.15) is 0 Å². The first-order valence-electron chi connectivity index (χ1n) is 6.75. The average molecular weight is 264 g/mol. The largest absolute Gasteiger partial charge is 0.385 e. The summed E-state index contributed by atoms with van der Waals surface area (Å²) in [5.41, 5.74) is 1.29. The lowest BCUT2D eigenvalue weighted by Gasteiger charge is -2.13. The van der Waals surface area contributed by atoms with Crippen molar-refractivity contribution in [1.82, 2.24) is 10.6 Å². The molecule has 1 aromatic rings. The lowest BCUT2D eigenvalue weighted by atomic mass is 10.0. The highest BCUT2D eigenvalue weighted by atomic mass is 16.5. The molecule has 0 fully saturated rings. The van der Waals surface area contributed by atoms with Crippen LogP contribution in [-0.2, 0) is 9.53 Å². The summed E-state index contributed by atoms with van der Waals surface area (Å²) in [6.45, 7) is 4.67. The second-order valence-corrected chi connectivity index (χ2v) is 4.64. The molecule has 106 valence electrons. The third-order valence-corrected chi connectivity index (χ3v) is 2.95. The molecular weight excluding hydrogens is 240 g/mol. The van der Waals surface area contributed by atoms with E-state index in [9.17, 15) is 4.79 Å². The van der Waals surface area contributed by atoms with E-state index in [1.807, 2.05) is 18.2 Å². The fourth-order valence-corrected chi connectivity index (χ4v) is 1.81. The van der Waals surface area contributed by atoms with E-state index in [1.54, 1.807) is 7.11 Å². The molecule has 1 amide bonds. The molecule has 1 rings (SSSR count). The minimum Gasteiger partial charge on any atom is -0.385 e. The second-order valence-electron chi connectivity index (χ2n) is 4.64. The number of benzene rings is 1. The van der Waals surface area contributed by atoms with E-state index in [1.165, 1.54) is 5.56 Å². The van der Waals surface area contributed by atoms with Crippen molar-refractivity contribution in [3.63, 3.8) is 0 Å². The number of ether oxygens (including phenoxy) is 1. The molecule has 0 aliphatic carbocycles. The molecule has 0 bridgehead atoms. The Labute approximate surface area is 115 Å². The van der Waals surface area contributed by atoms with Crippen molar-refractivity contribution in [3.8, 4) is 0 Å². The maximum atomic E-state index is 11.5. The number of hydrogen-bond donors (Lipinski definition) is 2. The summed E-state index contributed by atoms with van der Waals surface area (Å²) in [5.74, 6) is 0.443. The van der Waals surface area contributed by atoms with Gasteiger partial charge < -0.3 is 15.4 Å². The van der Waals surface area contributed by atoms with Gasteiger partial charge in [0.1, 0.15) is 0 Å². The Morgan fingerprint density at radius 2 is 2.05 bits per heavy atom. The fraction of sp³-hybridized carbons (Fsp3) is 0.533. The molecule has 0 spiro atoms. The summed E-state index contributed by atoms with van der Waals surface area (Å²) in [7, 11) is 1.66. The van der Waals surface area contributed by atoms with Crippen LogP contribution in [0, 0.1) is 0 Å². The summed E-state index contributed by atoms with van der Waals surface area (Å²) >= 11 is 0. The lowest BCUT2D eigenvalue weighted by molar-refractivity contribution is -0.120. The Morgan fingerprint density at radius 3 is 2.74 bits per heavy atom. The summed E-state index contributed by atoms with van der Waals surface area (Å²) in [6.07, 6.45) is 0.850. The van der Waals surface area contributed by atoms with Crippen LogP contribution in [0.15, 0.2) is 30.3 Å². The quantitative estimate of drug-likeness (QED) is 0.665. The highest BCUT2D eigenvalue weighted by Gasteiger charge is 2.05. The van der Waals surface area contributed by atoms with Crippen molar-refractivity contribution in [2.24, 2.45) is 0 Å². The van der Waals surface area contributed by atoms with Crippen LogP contribution in [0.2, 0.25) is 0 Å². The monoisotopic (exact) mass is 264 g/mol. The molecular formula is C15H24N2O2. The van der Waals surface area contributed by atoms with Crippen molar-refractivity contribution < 1.29 is 9.53 Å². The predicted molar refractivity (Wildman–Crippen MR) is 77.2 cm³/mol. The maximum absolute atomic E-state index is 11.5. The number of carbonyl (C=O) groups excluding carboxylic acids is 1. The van der Waals surface area contributed by atoms with Gasteiger partial charge in [0, 0.05) is 26.8 Å². The number of carbonyl (C=O) groups is 1. The van der Waals surface area contributed by atoms with E-state index in [-0.39, 0.29) is 5.91 Å². The van der Waals surface area contributed by atoms with Crippen molar-refractivity contribution in [1.29, 1.82) is 0 Å². The summed E-state index contributed by atoms with van der Waals surface area (Å²) in [4.78, 5) is 11.5. The minimum absolute atomic E-state index is 0.0383. The van der Waals surface area contributed by atoms with Gasteiger partial charge in [-0.3, -0.25) is 4.79 Å². The second kappa shape index (κ2) is 9.53. The van der Waals surface area contributed by atoms with Gasteiger partial charge in [-0.05, 0) is 17.9 Å². The molecule has 0 saturated carbocycles. The Kier molecular flexibility index (Phi) is 7.86. The highest BCUT2D eigenvalue weighted by molar-refractivity contribution is 5.77. The molecule has 0 radical (unpaired) electrons. The van der Waals surface area contributed by atoms with Gasteiger partial charge in [-0.1, -0.05) is 37.3 Å². The highest BCUT2D eigenvalue weighted by Crippen LogP contribution is 2.12. The van der Waals surface area contributed by atoms with E-state index in [4.69, 9.17) is 4.74 Å². The van der Waals surface area contributed by atoms with Gasteiger partial charge in [-0.15, -0.1) is 0 Å². The zero-order valence-electron chi connectivity index (χ0n) is 11.8. The lowest BCUT2D eigenvalue weighted by Crippen LogP contribution is -2.36. The first kappa shape index (κ1) is 15.7. The summed E-state index contributed by atoms with van der Waals surface area (Å²) in [6, 6.07) is 10.3. The van der Waals surface area contributed by atoms with Crippen LogP contribution in [0.5, 0.6) is 0 Å². The molecule has 0 saturated heterocycles. The molecule has 1 aromatic carbocycles. The van der Waals surface area contributed by atoms with E-state index in [2.05, 4.69) is 29.7 Å². The minimum atomic E-state index is 0.0383. The average Bonchev–Trinajstić information content (AvgIpc) is 2.44. The van der Waals surface area contributed by atoms with Crippen LogP contribution in [0.25, 0.3) is 0 Å². The standard InChI is InChI=1S/C15H24N2O2/c1-13(14-7-4-3-5-8-14)11-16-12-15(18)17-9-6-10-19-2/h3-5,7-8,13,16H,6,9-12H2,1-2H3,(H,17,18). The third kappa shape index (κ3) is 6.94. The number of amides is 1. The molecule has 2 N–H and O–H groups in total. The summed E-state index contributed by atoms with van der Waals surface area (Å²) in [5, 5.41) is 6.03. The van der Waals surface area contributed by atoms with Gasteiger partial charge in [0.2, 0.25) is 5.91 Å². The fourth-order valence-electron chi connectivity index (χ4n) is 1.81. The number of rotatable bonds is 9. The van der Waals surface area contributed by atoms with E-state index in [0.29, 0.717) is 25.6 Å². The van der Waals surface area contributed by atoms with Gasteiger partial charge in [0.15, 0.2) is 0 Å². The van der Waals surface area contributed by atoms with Gasteiger partial charge in [0.05, 0.1) is 6.54 Å². The molecule has 0 heterocycles. The Hall–Kier alpha value is -1.39. The van der Waals surface area contributed by atoms with Crippen LogP contribution in [0.3, 0.4) is 0 Å². The van der Waals surface area contributed by atoms with Crippen LogP contribution in [-0.4, -0.2) is 39.3 Å². The van der Waals surface area contributed by atoms with Gasteiger partial charge in [-0.25, -0.2) is 0 Å². The SMILES string of the molecule is COCCCNC(=O)CNCC(C)c1ccccc1. The van der Waals surface area contributed by atoms with Crippen LogP contribution < -0.4 is 10.6 Å². The molecule has 1 atom stereocenters. The van der Waals surface area contributed by atoms with Crippen molar-refractivity contribution in [2.75, 3.05) is 33.4 Å². The van der Waals surface area contributed by atoms with E-state index >= 15 is 0 Å². The predicted octanol–water partition coefficient (Wildman–Crippen LogP) is 1.53. The molecule has 19 heavy (non-hydrogen) atoms. The topological polar surface area (TPSA) is 50.4 Å². The summed E-state index contributed by atoms with van der Waals surface area (Å²) < 4.78 is 4.92. The third-order valence-electron chi connectivity index (χ3n) is 2.95. The Morgan fingerprint density at radius 1 is 1.32 bits per heavy atom. The van der Waals surface area contributed by atoms with Gasteiger partial charge >= 0.3 is 0 Å². The van der Waals surface area contributed by atoms with E-state index in [0.717, 1.165) is 13.0 Å². The maximum Gasteiger partial charge on any atom is 0.233 e. The van der Waals surface area contributed by atoms with Crippen molar-refractivity contribution >= 4 is 5.91 Å². The molecule has 0 aliphatic heterocycles. The molecule has 1 unspecified atom stereocenters. The molecule has 0 aliphatic rings.